The van der Waals surface area contributed by atoms with Crippen molar-refractivity contribution in [2.45, 2.75) is 25.5 Å². The quantitative estimate of drug-likeness (QED) is 0.113. The number of anilines is 2. The maximum atomic E-state index is 14.5. The second-order valence-electron chi connectivity index (χ2n) is 13.2. The van der Waals surface area contributed by atoms with Crippen LogP contribution in [0.25, 0.3) is 0 Å². The molecule has 0 saturated heterocycles. The molecule has 14 heteroatoms. The zero-order valence-corrected chi connectivity index (χ0v) is 32.5. The van der Waals surface area contributed by atoms with Crippen molar-refractivity contribution in [1.82, 2.24) is 10.6 Å². The van der Waals surface area contributed by atoms with Crippen LogP contribution >= 0.6 is 12.2 Å². The number of carbonyl (C=O) groups excluding carboxylic acids is 3. The van der Waals surface area contributed by atoms with Crippen LogP contribution in [-0.2, 0) is 27.5 Å². The summed E-state index contributed by atoms with van der Waals surface area (Å²) in [5.41, 5.74) is 5.27. The lowest BCUT2D eigenvalue weighted by Crippen LogP contribution is -2.42. The van der Waals surface area contributed by atoms with Crippen molar-refractivity contribution >= 4 is 58.1 Å². The molecule has 2 unspecified atom stereocenters. The van der Waals surface area contributed by atoms with Gasteiger partial charge in [-0.05, 0) is 47.5 Å². The molecule has 2 aliphatic rings. The SMILES string of the molecule is O=C(NC1N=C(c2ccccc2F)c2ccccc2NC1=O)OCc1ccccc1.O=C(NC1N=C(c2ccccc2F)c2ccccc2NC1=S)OCc1ccccc1. The maximum absolute atomic E-state index is 14.5. The minimum absolute atomic E-state index is 0.0467. The molecule has 0 saturated carbocycles. The van der Waals surface area contributed by atoms with Crippen molar-refractivity contribution in [2.24, 2.45) is 9.98 Å². The molecule has 6 aromatic rings. The molecule has 0 aromatic heterocycles. The third kappa shape index (κ3) is 10.1. The highest BCUT2D eigenvalue weighted by Crippen LogP contribution is 2.27. The number of ether oxygens (including phenoxy) is 2. The maximum Gasteiger partial charge on any atom is 0.409 e. The van der Waals surface area contributed by atoms with Gasteiger partial charge in [0.05, 0.1) is 17.1 Å². The van der Waals surface area contributed by atoms with Crippen LogP contribution in [0.2, 0.25) is 0 Å². The minimum Gasteiger partial charge on any atom is -0.445 e. The zero-order valence-electron chi connectivity index (χ0n) is 31.7. The summed E-state index contributed by atoms with van der Waals surface area (Å²) in [6.45, 7) is 0.162. The topological polar surface area (TPSA) is 143 Å². The van der Waals surface area contributed by atoms with Crippen LogP contribution in [-0.4, -0.2) is 46.8 Å². The van der Waals surface area contributed by atoms with Gasteiger partial charge in [-0.3, -0.25) is 20.4 Å². The van der Waals surface area contributed by atoms with E-state index in [0.29, 0.717) is 33.8 Å². The normalized spacial score (nSPS) is 15.3. The van der Waals surface area contributed by atoms with Gasteiger partial charge in [-0.1, -0.05) is 134 Å². The summed E-state index contributed by atoms with van der Waals surface area (Å²) < 4.78 is 39.5. The van der Waals surface area contributed by atoms with E-state index in [2.05, 4.69) is 31.3 Å². The summed E-state index contributed by atoms with van der Waals surface area (Å²) in [5, 5.41) is 10.9. The summed E-state index contributed by atoms with van der Waals surface area (Å²) in [6, 6.07) is 45.3. The molecule has 0 spiro atoms. The lowest BCUT2D eigenvalue weighted by atomic mass is 10.0. The number of halogens is 2. The van der Waals surface area contributed by atoms with Crippen molar-refractivity contribution in [3.63, 3.8) is 0 Å². The average molecular weight is 823 g/mol. The monoisotopic (exact) mass is 822 g/mol. The lowest BCUT2D eigenvalue weighted by molar-refractivity contribution is -0.117. The van der Waals surface area contributed by atoms with Gasteiger partial charge in [0.15, 0.2) is 6.17 Å². The van der Waals surface area contributed by atoms with Gasteiger partial charge in [-0.25, -0.2) is 23.4 Å². The Morgan fingerprint density at radius 3 is 1.40 bits per heavy atom. The Balaban J connectivity index is 0.000000181. The standard InChI is InChI=1S/C23H18FN3O3.C23H18FN3O2S/c24-18-12-6-4-10-16(18)20-17-11-5-7-13-19(17)25-22(28)21(26-20)27-23(29)30-14-15-8-2-1-3-9-15;24-18-12-6-4-10-16(18)20-17-11-5-7-13-19(17)25-22(30)21(26-20)27-23(28)29-14-15-8-2-1-3-9-15/h1-13,21H,14H2,(H,25,28)(H,27,29);1-13,21H,14H2,(H,25,30)(H,27,28). The number of aliphatic imine (C=N–C) groups is 2. The highest BCUT2D eigenvalue weighted by Gasteiger charge is 2.29. The van der Waals surface area contributed by atoms with Gasteiger partial charge in [0.2, 0.25) is 6.17 Å². The summed E-state index contributed by atoms with van der Waals surface area (Å²) >= 11 is 5.44. The molecule has 8 rings (SSSR count). The van der Waals surface area contributed by atoms with Crippen molar-refractivity contribution in [3.05, 3.63) is 203 Å². The third-order valence-electron chi connectivity index (χ3n) is 9.09. The molecule has 60 heavy (non-hydrogen) atoms. The fraction of sp³-hybridized carbons (Fsp3) is 0.0870. The third-order valence-corrected chi connectivity index (χ3v) is 9.41. The highest BCUT2D eigenvalue weighted by atomic mass is 32.1. The first-order valence-electron chi connectivity index (χ1n) is 18.6. The number of para-hydroxylation sites is 2. The van der Waals surface area contributed by atoms with Gasteiger partial charge in [0.1, 0.15) is 29.8 Å². The smallest absolute Gasteiger partial charge is 0.409 e. The van der Waals surface area contributed by atoms with Crippen LogP contribution in [0.4, 0.5) is 29.7 Å². The second-order valence-corrected chi connectivity index (χ2v) is 13.6. The van der Waals surface area contributed by atoms with Gasteiger partial charge in [0.25, 0.3) is 5.91 Å². The van der Waals surface area contributed by atoms with Gasteiger partial charge in [-0.2, -0.15) is 0 Å². The molecule has 3 amide bonds. The van der Waals surface area contributed by atoms with E-state index in [1.165, 1.54) is 12.1 Å². The molecule has 2 aliphatic heterocycles. The zero-order chi connectivity index (χ0) is 41.8. The Morgan fingerprint density at radius 1 is 0.533 bits per heavy atom. The minimum atomic E-state index is -1.28. The van der Waals surface area contributed by atoms with Crippen molar-refractivity contribution in [3.8, 4) is 0 Å². The number of rotatable bonds is 8. The molecule has 300 valence electrons. The molecule has 11 nitrogen and oxygen atoms in total. The number of nitrogens with zero attached hydrogens (tertiary/aromatic N) is 2. The largest absolute Gasteiger partial charge is 0.445 e. The predicted octanol–water partition coefficient (Wildman–Crippen LogP) is 8.54. The summed E-state index contributed by atoms with van der Waals surface area (Å²) in [4.78, 5) is 46.5. The number of nitrogens with one attached hydrogen (secondary N) is 4. The van der Waals surface area contributed by atoms with Crippen LogP contribution in [0.3, 0.4) is 0 Å². The molecule has 0 bridgehead atoms. The van der Waals surface area contributed by atoms with Gasteiger partial charge < -0.3 is 20.1 Å². The van der Waals surface area contributed by atoms with E-state index in [4.69, 9.17) is 21.7 Å². The number of fused-ring (bicyclic) bond motifs is 2. The van der Waals surface area contributed by atoms with Gasteiger partial charge in [-0.15, -0.1) is 0 Å². The van der Waals surface area contributed by atoms with E-state index >= 15 is 0 Å². The fourth-order valence-electron chi connectivity index (χ4n) is 6.20. The summed E-state index contributed by atoms with van der Waals surface area (Å²) in [5.74, 6) is -1.44. The van der Waals surface area contributed by atoms with Crippen molar-refractivity contribution in [2.75, 3.05) is 10.6 Å². The number of hydrogen-bond donors (Lipinski definition) is 4. The van der Waals surface area contributed by atoms with Crippen LogP contribution in [0.1, 0.15) is 33.4 Å². The molecular weight excluding hydrogens is 787 g/mol. The Bertz CT molecular complexity index is 2410. The van der Waals surface area contributed by atoms with E-state index in [9.17, 15) is 23.2 Å². The Labute approximate surface area is 349 Å². The number of amides is 3. The number of thiocarbonyl (C=S) groups is 1. The molecule has 0 fully saturated rings. The van der Waals surface area contributed by atoms with Crippen LogP contribution < -0.4 is 21.3 Å². The first-order valence-corrected chi connectivity index (χ1v) is 19.0. The molecule has 2 atom stereocenters. The van der Waals surface area contributed by atoms with E-state index < -0.39 is 42.1 Å². The summed E-state index contributed by atoms with van der Waals surface area (Å²) in [6.07, 6.45) is -3.67. The number of benzodiazepines with no additional fused rings is 2. The molecule has 0 radical (unpaired) electrons. The number of benzene rings is 6. The Kier molecular flexibility index (Phi) is 13.0. The van der Waals surface area contributed by atoms with E-state index in [1.807, 2.05) is 84.9 Å². The van der Waals surface area contributed by atoms with Gasteiger partial charge in [0, 0.05) is 27.9 Å². The molecule has 4 N–H and O–H groups in total. The van der Waals surface area contributed by atoms with Crippen LogP contribution in [0.5, 0.6) is 0 Å². The lowest BCUT2D eigenvalue weighted by Gasteiger charge is -2.15. The highest BCUT2D eigenvalue weighted by molar-refractivity contribution is 7.80. The van der Waals surface area contributed by atoms with Crippen molar-refractivity contribution in [1.29, 1.82) is 0 Å². The number of carbonyl (C=O) groups is 3. The number of alkyl carbamates (subject to hydrolysis) is 2. The Morgan fingerprint density at radius 2 is 0.917 bits per heavy atom. The van der Waals surface area contributed by atoms with Crippen molar-refractivity contribution < 1.29 is 32.6 Å². The predicted molar refractivity (Wildman–Crippen MR) is 229 cm³/mol. The van der Waals surface area contributed by atoms with E-state index in [1.54, 1.807) is 60.7 Å². The van der Waals surface area contributed by atoms with Crippen LogP contribution in [0.15, 0.2) is 168 Å². The van der Waals surface area contributed by atoms with E-state index in [-0.39, 0.29) is 29.5 Å². The average Bonchev–Trinajstić information content (AvgIpc) is 3.49. The Hall–Kier alpha value is -7.58. The molecule has 2 heterocycles. The summed E-state index contributed by atoms with van der Waals surface area (Å²) in [7, 11) is 0. The van der Waals surface area contributed by atoms with Crippen LogP contribution in [0, 0.1) is 11.6 Å². The first kappa shape index (κ1) is 40.6. The first-order chi connectivity index (χ1) is 29.2. The van der Waals surface area contributed by atoms with Gasteiger partial charge >= 0.3 is 12.2 Å². The number of hydrogen-bond acceptors (Lipinski definition) is 8. The molecule has 6 aromatic carbocycles. The van der Waals surface area contributed by atoms with E-state index in [0.717, 1.165) is 11.1 Å². The second kappa shape index (κ2) is 19.2. The molecule has 0 aliphatic carbocycles. The molecular formula is C46H36F2N6O5S. The fourth-order valence-corrected chi connectivity index (χ4v) is 6.42.